The molecule has 1 unspecified atom stereocenters. The number of carboxylic acids is 1. The Morgan fingerprint density at radius 2 is 1.69 bits per heavy atom. The third-order valence-electron chi connectivity index (χ3n) is 0.992. The highest BCUT2D eigenvalue weighted by atomic mass is 19.4. The average molecular weight is 248 g/mol. The molecule has 0 radical (unpaired) electrons. The van der Waals surface area contributed by atoms with Crippen LogP contribution in [0.2, 0.25) is 0 Å². The van der Waals surface area contributed by atoms with Gasteiger partial charge in [0, 0.05) is 12.6 Å². The highest BCUT2D eigenvalue weighted by Gasteiger charge is 2.38. The van der Waals surface area contributed by atoms with Crippen molar-refractivity contribution in [2.75, 3.05) is 13.2 Å². The van der Waals surface area contributed by atoms with Crippen molar-refractivity contribution >= 4 is 12.1 Å². The lowest BCUT2D eigenvalue weighted by Gasteiger charge is -2.05. The van der Waals surface area contributed by atoms with E-state index in [1.807, 2.05) is 5.32 Å². The molecule has 0 aliphatic heterocycles. The molecule has 0 rings (SSSR count). The van der Waals surface area contributed by atoms with Crippen LogP contribution in [0.4, 0.5) is 18.0 Å². The molecule has 0 aromatic rings. The van der Waals surface area contributed by atoms with Crippen LogP contribution in [0.15, 0.2) is 0 Å². The maximum Gasteiger partial charge on any atom is 0.490 e. The van der Waals surface area contributed by atoms with Crippen molar-refractivity contribution in [2.24, 2.45) is 5.73 Å². The first-order valence-corrected chi connectivity index (χ1v) is 3.74. The van der Waals surface area contributed by atoms with Gasteiger partial charge in [0.05, 0.1) is 6.61 Å². The van der Waals surface area contributed by atoms with Gasteiger partial charge in [-0.25, -0.2) is 9.59 Å². The first kappa shape index (κ1) is 16.9. The molecular formula is C6H11F3N2O5. The summed E-state index contributed by atoms with van der Waals surface area (Å²) in [6.45, 7) is -0.119. The Kier molecular flexibility index (Phi) is 8.12. The number of aliphatic carboxylic acids is 1. The zero-order valence-corrected chi connectivity index (χ0v) is 7.86. The molecule has 0 heterocycles. The predicted octanol–water partition coefficient (Wildman–Crippen LogP) is -0.793. The van der Waals surface area contributed by atoms with Crippen molar-refractivity contribution in [1.29, 1.82) is 0 Å². The van der Waals surface area contributed by atoms with Gasteiger partial charge in [-0.1, -0.05) is 0 Å². The summed E-state index contributed by atoms with van der Waals surface area (Å²) in [5, 5.41) is 25.5. The van der Waals surface area contributed by atoms with Gasteiger partial charge in [0.1, 0.15) is 0 Å². The Labute approximate surface area is 87.7 Å². The molecule has 96 valence electrons. The third-order valence-corrected chi connectivity index (χ3v) is 0.992. The Bertz CT molecular complexity index is 233. The largest absolute Gasteiger partial charge is 0.490 e. The van der Waals surface area contributed by atoms with Crippen LogP contribution in [0.5, 0.6) is 0 Å². The summed E-state index contributed by atoms with van der Waals surface area (Å²) >= 11 is 0. The van der Waals surface area contributed by atoms with Crippen molar-refractivity contribution < 1.29 is 38.1 Å². The van der Waals surface area contributed by atoms with Crippen LogP contribution in [0.25, 0.3) is 0 Å². The average Bonchev–Trinajstić information content (AvgIpc) is 2.13. The van der Waals surface area contributed by atoms with E-state index in [0.29, 0.717) is 0 Å². The molecule has 0 bridgehead atoms. The standard InChI is InChI=1S/C4H10N2O3.C2HF3O2/c5-3(2-7)1-6-4(8)9;3-2(4,5)1(6)7/h3,6-7H,1-2,5H2,(H,8,9);(H,6,7). The Balaban J connectivity index is 0. The molecule has 0 fully saturated rings. The zero-order chi connectivity index (χ0) is 13.4. The quantitative estimate of drug-likeness (QED) is 0.444. The van der Waals surface area contributed by atoms with Gasteiger partial charge in [-0.15, -0.1) is 0 Å². The van der Waals surface area contributed by atoms with Crippen molar-refractivity contribution in [3.05, 3.63) is 0 Å². The first-order chi connectivity index (χ1) is 7.11. The lowest BCUT2D eigenvalue weighted by Crippen LogP contribution is -2.38. The number of carbonyl (C=O) groups is 2. The van der Waals surface area contributed by atoms with Crippen LogP contribution in [0.1, 0.15) is 0 Å². The van der Waals surface area contributed by atoms with E-state index in [4.69, 9.17) is 25.8 Å². The second-order valence-corrected chi connectivity index (χ2v) is 2.43. The number of amides is 1. The van der Waals surface area contributed by atoms with Gasteiger partial charge in [0.25, 0.3) is 0 Å². The summed E-state index contributed by atoms with van der Waals surface area (Å²) in [6, 6.07) is -0.499. The Morgan fingerprint density at radius 1 is 1.31 bits per heavy atom. The number of rotatable bonds is 3. The van der Waals surface area contributed by atoms with E-state index in [-0.39, 0.29) is 13.2 Å². The van der Waals surface area contributed by atoms with Crippen molar-refractivity contribution in [3.63, 3.8) is 0 Å². The molecule has 0 aliphatic rings. The summed E-state index contributed by atoms with van der Waals surface area (Å²) in [5.41, 5.74) is 5.15. The molecule has 16 heavy (non-hydrogen) atoms. The van der Waals surface area contributed by atoms with Crippen molar-refractivity contribution in [1.82, 2.24) is 5.32 Å². The van der Waals surface area contributed by atoms with Crippen LogP contribution in [-0.4, -0.2) is 52.8 Å². The van der Waals surface area contributed by atoms with E-state index < -0.39 is 24.3 Å². The van der Waals surface area contributed by atoms with Crippen molar-refractivity contribution in [3.8, 4) is 0 Å². The highest BCUT2D eigenvalue weighted by Crippen LogP contribution is 2.13. The number of aliphatic hydroxyl groups excluding tert-OH is 1. The van der Waals surface area contributed by atoms with E-state index in [2.05, 4.69) is 0 Å². The van der Waals surface area contributed by atoms with E-state index in [1.165, 1.54) is 0 Å². The number of hydrogen-bond acceptors (Lipinski definition) is 4. The minimum absolute atomic E-state index is 0.0891. The number of aliphatic hydroxyl groups is 1. The van der Waals surface area contributed by atoms with Gasteiger partial charge in [-0.3, -0.25) is 0 Å². The predicted molar refractivity (Wildman–Crippen MR) is 44.8 cm³/mol. The number of alkyl halides is 3. The van der Waals surface area contributed by atoms with Gasteiger partial charge in [-0.2, -0.15) is 13.2 Å². The fraction of sp³-hybridized carbons (Fsp3) is 0.667. The van der Waals surface area contributed by atoms with Crippen LogP contribution in [-0.2, 0) is 4.79 Å². The summed E-state index contributed by atoms with van der Waals surface area (Å²) in [5.74, 6) is -2.76. The van der Waals surface area contributed by atoms with Gasteiger partial charge in [-0.05, 0) is 0 Å². The summed E-state index contributed by atoms with van der Waals surface area (Å²) in [4.78, 5) is 18.7. The number of carboxylic acid groups (broad SMARTS) is 2. The maximum absolute atomic E-state index is 10.6. The molecule has 0 spiro atoms. The fourth-order valence-electron chi connectivity index (χ4n) is 0.283. The number of halogens is 3. The van der Waals surface area contributed by atoms with Crippen LogP contribution in [0, 0.1) is 0 Å². The molecule has 0 saturated carbocycles. The van der Waals surface area contributed by atoms with Gasteiger partial charge < -0.3 is 26.4 Å². The molecule has 0 aromatic heterocycles. The number of nitrogens with two attached hydrogens (primary N) is 1. The molecule has 0 aliphatic carbocycles. The van der Waals surface area contributed by atoms with E-state index in [9.17, 15) is 18.0 Å². The van der Waals surface area contributed by atoms with E-state index in [0.717, 1.165) is 0 Å². The van der Waals surface area contributed by atoms with E-state index >= 15 is 0 Å². The minimum atomic E-state index is -5.08. The Morgan fingerprint density at radius 3 is 1.88 bits per heavy atom. The zero-order valence-electron chi connectivity index (χ0n) is 7.86. The topological polar surface area (TPSA) is 133 Å². The van der Waals surface area contributed by atoms with Gasteiger partial charge in [0.2, 0.25) is 0 Å². The second kappa shape index (κ2) is 7.70. The molecule has 1 amide bonds. The third kappa shape index (κ3) is 12.4. The fourth-order valence-corrected chi connectivity index (χ4v) is 0.283. The monoisotopic (exact) mass is 248 g/mol. The smallest absolute Gasteiger partial charge is 0.475 e. The SMILES string of the molecule is NC(CO)CNC(=O)O.O=C(O)C(F)(F)F. The number of nitrogens with one attached hydrogen (secondary N) is 1. The molecule has 0 aromatic carbocycles. The normalized spacial score (nSPS) is 12.1. The molecule has 0 saturated heterocycles. The highest BCUT2D eigenvalue weighted by molar-refractivity contribution is 5.73. The van der Waals surface area contributed by atoms with Gasteiger partial charge in [0.15, 0.2) is 0 Å². The molecule has 7 nitrogen and oxygen atoms in total. The summed E-state index contributed by atoms with van der Waals surface area (Å²) in [6.07, 6.45) is -6.21. The van der Waals surface area contributed by atoms with Crippen LogP contribution < -0.4 is 11.1 Å². The molecule has 6 N–H and O–H groups in total. The molecule has 10 heteroatoms. The first-order valence-electron chi connectivity index (χ1n) is 3.74. The second-order valence-electron chi connectivity index (χ2n) is 2.43. The number of hydrogen-bond donors (Lipinski definition) is 5. The van der Waals surface area contributed by atoms with Gasteiger partial charge >= 0.3 is 18.2 Å². The van der Waals surface area contributed by atoms with E-state index in [1.54, 1.807) is 0 Å². The molecular weight excluding hydrogens is 237 g/mol. The molecule has 1 atom stereocenters. The summed E-state index contributed by atoms with van der Waals surface area (Å²) < 4.78 is 31.7. The lowest BCUT2D eigenvalue weighted by molar-refractivity contribution is -0.192. The van der Waals surface area contributed by atoms with Crippen LogP contribution >= 0.6 is 0 Å². The maximum atomic E-state index is 10.6. The van der Waals surface area contributed by atoms with Crippen molar-refractivity contribution in [2.45, 2.75) is 12.2 Å². The summed E-state index contributed by atoms with van der Waals surface area (Å²) in [7, 11) is 0. The van der Waals surface area contributed by atoms with Crippen LogP contribution in [0.3, 0.4) is 0 Å². The minimum Gasteiger partial charge on any atom is -0.475 e. The Hall–Kier alpha value is -1.55. The lowest BCUT2D eigenvalue weighted by atomic mass is 10.3.